The van der Waals surface area contributed by atoms with E-state index in [0.717, 1.165) is 6.92 Å². The van der Waals surface area contributed by atoms with E-state index in [1.165, 1.54) is 32.1 Å². The molecule has 0 aromatic rings. The van der Waals surface area contributed by atoms with Gasteiger partial charge >= 0.3 is 0 Å². The predicted molar refractivity (Wildman–Crippen MR) is 148 cm³/mol. The lowest BCUT2D eigenvalue weighted by Gasteiger charge is -2.41. The van der Waals surface area contributed by atoms with Gasteiger partial charge in [0, 0.05) is 23.3 Å². The molecule has 1 aliphatic rings. The van der Waals surface area contributed by atoms with Crippen LogP contribution in [0, 0.1) is 80.3 Å². The van der Waals surface area contributed by atoms with Crippen LogP contribution in [0.1, 0.15) is 52.9 Å². The number of allylic oxidation sites excluding steroid dienone is 3. The van der Waals surface area contributed by atoms with Gasteiger partial charge in [0.15, 0.2) is 12.3 Å². The van der Waals surface area contributed by atoms with Crippen molar-refractivity contribution in [2.24, 2.45) is 40.7 Å². The number of hydrogen-bond acceptors (Lipinski definition) is 5. The lowest BCUT2D eigenvalue weighted by molar-refractivity contribution is -0.0167. The van der Waals surface area contributed by atoms with Crippen LogP contribution in [0.15, 0.2) is 23.8 Å². The second-order valence-corrected chi connectivity index (χ2v) is 11.6. The molecule has 0 radical (unpaired) electrons. The largest absolute Gasteiger partial charge is 0.325 e. The Morgan fingerprint density at radius 2 is 1.59 bits per heavy atom. The number of nitrogens with zero attached hydrogens (tertiary/aromatic N) is 4. The van der Waals surface area contributed by atoms with Gasteiger partial charge in [-0.3, -0.25) is 0 Å². The lowest BCUT2D eigenvalue weighted by Crippen LogP contribution is -2.47. The molecule has 1 aliphatic carbocycles. The molecule has 0 aliphatic heterocycles. The summed E-state index contributed by atoms with van der Waals surface area (Å²) in [6.07, 6.45) is -18.3. The summed E-state index contributed by atoms with van der Waals surface area (Å²) >= 11 is 0. The zero-order valence-corrected chi connectivity index (χ0v) is 24.9. The summed E-state index contributed by atoms with van der Waals surface area (Å²) in [4.78, 5) is 0. The standard InChI is InChI=1S/C31H39F8N5/c1-5-31(11-24(31)35)26(29(38)30(39)27(36)17(3)13-41)25(21(15-43)18(4)28(37)22(33)8-9-40)16(2)6-7-19(14-42)23(34)10-20(44)12-32/h6,17,19-30H,4-5,7-8,10-12,44H2,1-3H3/b16-6+. The van der Waals surface area contributed by atoms with Gasteiger partial charge in [-0.05, 0) is 45.1 Å². The minimum absolute atomic E-state index is 0.0571. The zero-order valence-electron chi connectivity index (χ0n) is 24.9. The van der Waals surface area contributed by atoms with Crippen molar-refractivity contribution in [2.45, 2.75) is 102 Å². The van der Waals surface area contributed by atoms with Gasteiger partial charge in [0.2, 0.25) is 0 Å². The predicted octanol–water partition coefficient (Wildman–Crippen LogP) is 7.32. The van der Waals surface area contributed by atoms with E-state index in [4.69, 9.17) is 16.3 Å². The highest BCUT2D eigenvalue weighted by Crippen LogP contribution is 2.63. The van der Waals surface area contributed by atoms with Crippen molar-refractivity contribution in [2.75, 3.05) is 6.67 Å². The minimum Gasteiger partial charge on any atom is -0.325 e. The fourth-order valence-corrected chi connectivity index (χ4v) is 5.80. The highest BCUT2D eigenvalue weighted by molar-refractivity contribution is 5.28. The molecule has 0 heterocycles. The van der Waals surface area contributed by atoms with Crippen molar-refractivity contribution in [3.05, 3.63) is 23.8 Å². The molecule has 0 aromatic heterocycles. The smallest absolute Gasteiger partial charge is 0.164 e. The monoisotopic (exact) mass is 633 g/mol. The van der Waals surface area contributed by atoms with Crippen LogP contribution in [0.2, 0.25) is 0 Å². The number of alkyl halides is 8. The van der Waals surface area contributed by atoms with E-state index in [0.29, 0.717) is 0 Å². The summed E-state index contributed by atoms with van der Waals surface area (Å²) in [5.74, 6) is -8.44. The van der Waals surface area contributed by atoms with Crippen LogP contribution in [-0.4, -0.2) is 55.9 Å². The molecular weight excluding hydrogens is 594 g/mol. The van der Waals surface area contributed by atoms with Crippen molar-refractivity contribution in [1.82, 2.24) is 0 Å². The lowest BCUT2D eigenvalue weighted by atomic mass is 9.64. The van der Waals surface area contributed by atoms with Crippen molar-refractivity contribution in [3.8, 4) is 24.3 Å². The number of nitriles is 4. The van der Waals surface area contributed by atoms with Crippen molar-refractivity contribution in [1.29, 1.82) is 21.0 Å². The molecule has 13 heteroatoms. The molecule has 1 saturated carbocycles. The molecule has 14 unspecified atom stereocenters. The first kappa shape index (κ1) is 38.9. The maximum absolute atomic E-state index is 16.3. The van der Waals surface area contributed by atoms with E-state index >= 15 is 17.6 Å². The molecule has 0 saturated heterocycles. The van der Waals surface area contributed by atoms with E-state index in [1.807, 2.05) is 0 Å². The zero-order chi connectivity index (χ0) is 33.9. The number of nitrogens with two attached hydrogens (primary N) is 1. The Morgan fingerprint density at radius 3 is 2.02 bits per heavy atom. The van der Waals surface area contributed by atoms with Crippen LogP contribution < -0.4 is 5.73 Å². The molecule has 244 valence electrons. The first-order chi connectivity index (χ1) is 20.6. The Kier molecular flexibility index (Phi) is 15.3. The second kappa shape index (κ2) is 17.4. The summed E-state index contributed by atoms with van der Waals surface area (Å²) in [6, 6.07) is 5.14. The molecule has 0 amide bonds. The van der Waals surface area contributed by atoms with Crippen molar-refractivity contribution < 1.29 is 35.1 Å². The molecular formula is C31H39F8N5. The molecule has 1 rings (SSSR count). The average molecular weight is 634 g/mol. The van der Waals surface area contributed by atoms with Crippen LogP contribution in [0.3, 0.4) is 0 Å². The van der Waals surface area contributed by atoms with Gasteiger partial charge in [-0.15, -0.1) is 0 Å². The molecule has 0 bridgehead atoms. The van der Waals surface area contributed by atoms with E-state index in [1.54, 1.807) is 12.1 Å². The van der Waals surface area contributed by atoms with Crippen LogP contribution in [0.4, 0.5) is 35.1 Å². The van der Waals surface area contributed by atoms with Crippen molar-refractivity contribution in [3.63, 3.8) is 0 Å². The van der Waals surface area contributed by atoms with Gasteiger partial charge in [0.1, 0.15) is 37.5 Å². The molecule has 5 nitrogen and oxygen atoms in total. The van der Waals surface area contributed by atoms with Crippen LogP contribution in [-0.2, 0) is 0 Å². The topological polar surface area (TPSA) is 121 Å². The second-order valence-electron chi connectivity index (χ2n) is 11.6. The third-order valence-electron chi connectivity index (χ3n) is 8.77. The summed E-state index contributed by atoms with van der Waals surface area (Å²) in [5.41, 5.74) is 2.96. The molecule has 0 spiro atoms. The third kappa shape index (κ3) is 8.95. The first-order valence-corrected chi connectivity index (χ1v) is 14.3. The van der Waals surface area contributed by atoms with Crippen LogP contribution in [0.5, 0.6) is 0 Å². The Morgan fingerprint density at radius 1 is 1.00 bits per heavy atom. The quantitative estimate of drug-likeness (QED) is 0.118. The molecule has 1 fully saturated rings. The van der Waals surface area contributed by atoms with Gasteiger partial charge in [-0.25, -0.2) is 35.1 Å². The van der Waals surface area contributed by atoms with Gasteiger partial charge in [0.05, 0.1) is 48.5 Å². The van der Waals surface area contributed by atoms with E-state index < -0.39 is 116 Å². The first-order valence-electron chi connectivity index (χ1n) is 14.3. The Bertz CT molecular complexity index is 1150. The van der Waals surface area contributed by atoms with Gasteiger partial charge in [0.25, 0.3) is 0 Å². The Labute approximate surface area is 254 Å². The Hall–Kier alpha value is -3.16. The van der Waals surface area contributed by atoms with Gasteiger partial charge < -0.3 is 5.73 Å². The fourth-order valence-electron chi connectivity index (χ4n) is 5.80. The van der Waals surface area contributed by atoms with Crippen LogP contribution >= 0.6 is 0 Å². The van der Waals surface area contributed by atoms with Crippen LogP contribution in [0.25, 0.3) is 0 Å². The fraction of sp³-hybridized carbons (Fsp3) is 0.742. The van der Waals surface area contributed by atoms with Gasteiger partial charge in [-0.1, -0.05) is 25.2 Å². The molecule has 14 atom stereocenters. The molecule has 2 N–H and O–H groups in total. The number of halogens is 8. The third-order valence-corrected chi connectivity index (χ3v) is 8.77. The number of hydrogen-bond donors (Lipinski definition) is 1. The van der Waals surface area contributed by atoms with E-state index in [-0.39, 0.29) is 18.4 Å². The highest BCUT2D eigenvalue weighted by atomic mass is 19.2. The van der Waals surface area contributed by atoms with E-state index in [9.17, 15) is 28.1 Å². The molecule has 44 heavy (non-hydrogen) atoms. The van der Waals surface area contributed by atoms with E-state index in [2.05, 4.69) is 6.58 Å². The minimum atomic E-state index is -2.98. The highest BCUT2D eigenvalue weighted by Gasteiger charge is 2.65. The SMILES string of the molecule is C=C(C(F)C(F)CC#N)C(C#N)C(/C(C)=C/CC(C#N)C(F)CC(N)CF)C(C(F)C(F)C(F)C(C)C#N)C1(CC)CC1F. The Balaban J connectivity index is 3.83. The average Bonchev–Trinajstić information content (AvgIpc) is 3.68. The maximum atomic E-state index is 16.3. The summed E-state index contributed by atoms with van der Waals surface area (Å²) in [5, 5.41) is 37.5. The normalized spacial score (nSPS) is 26.4. The molecule has 0 aromatic carbocycles. The number of rotatable bonds is 19. The summed E-state index contributed by atoms with van der Waals surface area (Å²) in [7, 11) is 0. The van der Waals surface area contributed by atoms with Gasteiger partial charge in [-0.2, -0.15) is 21.0 Å². The summed E-state index contributed by atoms with van der Waals surface area (Å²) in [6.45, 7) is 6.15. The maximum Gasteiger partial charge on any atom is 0.164 e. The van der Waals surface area contributed by atoms with Crippen molar-refractivity contribution >= 4 is 0 Å². The summed E-state index contributed by atoms with van der Waals surface area (Å²) < 4.78 is 119.